The molecule has 18 heavy (non-hydrogen) atoms. The molecular formula is C10H4Cl2FN5. The SMILES string of the molecule is Fc1ccc(-n2ncc3c(Cl)nc(Cl)nc32)nc1. The summed E-state index contributed by atoms with van der Waals surface area (Å²) in [6.45, 7) is 0. The van der Waals surface area contributed by atoms with Crippen LogP contribution in [0.15, 0.2) is 24.5 Å². The van der Waals surface area contributed by atoms with Crippen molar-refractivity contribution in [3.05, 3.63) is 40.8 Å². The molecule has 0 unspecified atom stereocenters. The van der Waals surface area contributed by atoms with Crippen molar-refractivity contribution in [1.82, 2.24) is 24.7 Å². The first-order chi connectivity index (χ1) is 8.65. The van der Waals surface area contributed by atoms with Crippen LogP contribution < -0.4 is 0 Å². The van der Waals surface area contributed by atoms with Crippen molar-refractivity contribution in [3.63, 3.8) is 0 Å². The van der Waals surface area contributed by atoms with Crippen molar-refractivity contribution < 1.29 is 4.39 Å². The molecule has 0 amide bonds. The van der Waals surface area contributed by atoms with Crippen molar-refractivity contribution in [2.24, 2.45) is 0 Å². The summed E-state index contributed by atoms with van der Waals surface area (Å²) in [4.78, 5) is 11.7. The van der Waals surface area contributed by atoms with Crippen molar-refractivity contribution in [3.8, 4) is 5.82 Å². The van der Waals surface area contributed by atoms with Crippen molar-refractivity contribution >= 4 is 34.2 Å². The molecule has 0 fully saturated rings. The van der Waals surface area contributed by atoms with Crippen molar-refractivity contribution in [2.45, 2.75) is 0 Å². The predicted octanol–water partition coefficient (Wildman–Crippen LogP) is 2.66. The molecule has 3 aromatic heterocycles. The van der Waals surface area contributed by atoms with E-state index in [2.05, 4.69) is 20.1 Å². The molecule has 8 heteroatoms. The lowest BCUT2D eigenvalue weighted by Crippen LogP contribution is -2.01. The summed E-state index contributed by atoms with van der Waals surface area (Å²) < 4.78 is 14.2. The third-order valence-electron chi connectivity index (χ3n) is 2.28. The van der Waals surface area contributed by atoms with Gasteiger partial charge in [-0.25, -0.2) is 14.4 Å². The Morgan fingerprint density at radius 2 is 1.94 bits per heavy atom. The van der Waals surface area contributed by atoms with Gasteiger partial charge >= 0.3 is 0 Å². The van der Waals surface area contributed by atoms with Gasteiger partial charge in [-0.1, -0.05) is 11.6 Å². The second-order valence-corrected chi connectivity index (χ2v) is 4.11. The van der Waals surface area contributed by atoms with Gasteiger partial charge in [-0.2, -0.15) is 14.8 Å². The molecule has 0 atom stereocenters. The molecule has 0 bridgehead atoms. The van der Waals surface area contributed by atoms with Gasteiger partial charge in [-0.05, 0) is 23.7 Å². The second kappa shape index (κ2) is 4.15. The van der Waals surface area contributed by atoms with Gasteiger partial charge in [0.15, 0.2) is 11.5 Å². The lowest BCUT2D eigenvalue weighted by molar-refractivity contribution is 0.619. The van der Waals surface area contributed by atoms with Crippen molar-refractivity contribution in [2.75, 3.05) is 0 Å². The molecule has 0 aromatic carbocycles. The van der Waals surface area contributed by atoms with Gasteiger partial charge in [0.05, 0.1) is 17.8 Å². The molecule has 0 aliphatic heterocycles. The van der Waals surface area contributed by atoms with E-state index in [1.54, 1.807) is 0 Å². The largest absolute Gasteiger partial charge is 0.234 e. The predicted molar refractivity (Wildman–Crippen MR) is 64.4 cm³/mol. The van der Waals surface area contributed by atoms with Gasteiger partial charge in [0.1, 0.15) is 11.0 Å². The Morgan fingerprint density at radius 3 is 2.67 bits per heavy atom. The Balaban J connectivity index is 2.27. The summed E-state index contributed by atoms with van der Waals surface area (Å²) in [5.74, 6) is -0.0156. The lowest BCUT2D eigenvalue weighted by Gasteiger charge is -2.01. The fourth-order valence-corrected chi connectivity index (χ4v) is 1.93. The fraction of sp³-hybridized carbons (Fsp3) is 0. The molecular weight excluding hydrogens is 280 g/mol. The summed E-state index contributed by atoms with van der Waals surface area (Å²) in [6.07, 6.45) is 2.59. The number of hydrogen-bond acceptors (Lipinski definition) is 4. The third-order valence-corrected chi connectivity index (χ3v) is 2.74. The highest BCUT2D eigenvalue weighted by Crippen LogP contribution is 2.23. The maximum Gasteiger partial charge on any atom is 0.225 e. The summed E-state index contributed by atoms with van der Waals surface area (Å²) in [7, 11) is 0. The first-order valence-corrected chi connectivity index (χ1v) is 5.59. The smallest absolute Gasteiger partial charge is 0.225 e. The zero-order valence-electron chi connectivity index (χ0n) is 8.68. The van der Waals surface area contributed by atoms with Gasteiger partial charge < -0.3 is 0 Å². The molecule has 0 aliphatic rings. The minimum Gasteiger partial charge on any atom is -0.234 e. The monoisotopic (exact) mass is 283 g/mol. The molecule has 0 spiro atoms. The molecule has 0 saturated carbocycles. The number of pyridine rings is 1. The van der Waals surface area contributed by atoms with Crippen LogP contribution in [-0.2, 0) is 0 Å². The van der Waals surface area contributed by atoms with E-state index in [0.29, 0.717) is 16.9 Å². The van der Waals surface area contributed by atoms with E-state index in [-0.39, 0.29) is 10.4 Å². The Bertz CT molecular complexity index is 725. The van der Waals surface area contributed by atoms with E-state index in [0.717, 1.165) is 6.20 Å². The molecule has 0 aliphatic carbocycles. The Labute approximate surface area is 110 Å². The van der Waals surface area contributed by atoms with E-state index in [4.69, 9.17) is 23.2 Å². The lowest BCUT2D eigenvalue weighted by atomic mass is 10.4. The molecule has 3 rings (SSSR count). The second-order valence-electron chi connectivity index (χ2n) is 3.41. The topological polar surface area (TPSA) is 56.5 Å². The zero-order chi connectivity index (χ0) is 12.7. The maximum atomic E-state index is 12.8. The fourth-order valence-electron chi connectivity index (χ4n) is 1.51. The van der Waals surface area contributed by atoms with Gasteiger partial charge in [-0.15, -0.1) is 0 Å². The Kier molecular flexibility index (Phi) is 2.61. The first kappa shape index (κ1) is 11.3. The van der Waals surface area contributed by atoms with E-state index in [1.807, 2.05) is 0 Å². The quantitative estimate of drug-likeness (QED) is 0.509. The van der Waals surface area contributed by atoms with E-state index < -0.39 is 5.82 Å². The average Bonchev–Trinajstić information content (AvgIpc) is 2.74. The minimum atomic E-state index is -0.430. The molecule has 0 saturated heterocycles. The van der Waals surface area contributed by atoms with E-state index >= 15 is 0 Å². The highest BCUT2D eigenvalue weighted by Gasteiger charge is 2.12. The molecule has 5 nitrogen and oxygen atoms in total. The number of nitrogens with zero attached hydrogens (tertiary/aromatic N) is 5. The Hall–Kier alpha value is -1.79. The number of fused-ring (bicyclic) bond motifs is 1. The molecule has 90 valence electrons. The van der Waals surface area contributed by atoms with Gasteiger partial charge in [0.25, 0.3) is 0 Å². The summed E-state index contributed by atoms with van der Waals surface area (Å²) in [5, 5.41) is 4.85. The van der Waals surface area contributed by atoms with Crippen molar-refractivity contribution in [1.29, 1.82) is 0 Å². The number of hydrogen-bond donors (Lipinski definition) is 0. The zero-order valence-corrected chi connectivity index (χ0v) is 10.2. The summed E-state index contributed by atoms with van der Waals surface area (Å²) in [6, 6.07) is 2.76. The Morgan fingerprint density at radius 1 is 1.11 bits per heavy atom. The average molecular weight is 284 g/mol. The van der Waals surface area contributed by atoms with Crippen LogP contribution in [0.2, 0.25) is 10.4 Å². The van der Waals surface area contributed by atoms with Crippen LogP contribution >= 0.6 is 23.2 Å². The number of halogens is 3. The van der Waals surface area contributed by atoms with Crippen LogP contribution in [0.25, 0.3) is 16.9 Å². The van der Waals surface area contributed by atoms with Crippen LogP contribution in [-0.4, -0.2) is 24.7 Å². The molecule has 0 radical (unpaired) electrons. The standard InChI is InChI=1S/C10H4Cl2FN5/c11-8-6-4-15-18(9(6)17-10(12)16-8)7-2-1-5(13)3-14-7/h1-4H. The molecule has 3 aromatic rings. The van der Waals surface area contributed by atoms with Gasteiger partial charge in [0, 0.05) is 0 Å². The highest BCUT2D eigenvalue weighted by atomic mass is 35.5. The molecule has 3 heterocycles. The number of rotatable bonds is 1. The molecule has 0 N–H and O–H groups in total. The summed E-state index contributed by atoms with van der Waals surface area (Å²) in [5.41, 5.74) is 0.416. The van der Waals surface area contributed by atoms with Crippen LogP contribution in [0.4, 0.5) is 4.39 Å². The maximum absolute atomic E-state index is 12.8. The highest BCUT2D eigenvalue weighted by molar-refractivity contribution is 6.35. The van der Waals surface area contributed by atoms with E-state index in [1.165, 1.54) is 23.0 Å². The third kappa shape index (κ3) is 1.79. The van der Waals surface area contributed by atoms with Crippen LogP contribution in [0.1, 0.15) is 0 Å². The minimum absolute atomic E-state index is 0.0105. The normalized spacial score (nSPS) is 11.1. The summed E-state index contributed by atoms with van der Waals surface area (Å²) >= 11 is 11.7. The van der Waals surface area contributed by atoms with E-state index in [9.17, 15) is 4.39 Å². The van der Waals surface area contributed by atoms with Gasteiger partial charge in [0.2, 0.25) is 5.28 Å². The van der Waals surface area contributed by atoms with Crippen LogP contribution in [0.5, 0.6) is 0 Å². The van der Waals surface area contributed by atoms with Crippen LogP contribution in [0.3, 0.4) is 0 Å². The van der Waals surface area contributed by atoms with Gasteiger partial charge in [-0.3, -0.25) is 0 Å². The first-order valence-electron chi connectivity index (χ1n) is 4.84. The van der Waals surface area contributed by atoms with Crippen LogP contribution in [0, 0.1) is 5.82 Å². The number of aromatic nitrogens is 5.